The standard InChI is InChI=1S/C12H18N2O4S.ClH/c1-17-10-5-11(18-2)7-12(6-10)19(15,16)14-9-3-4-13-8-9;/h5-7,9,13-14H,3-4,8H2,1-2H3;1H. The van der Waals surface area contributed by atoms with Gasteiger partial charge < -0.3 is 14.8 Å². The normalized spacial score (nSPS) is 18.4. The maximum absolute atomic E-state index is 12.3. The zero-order valence-electron chi connectivity index (χ0n) is 11.4. The Balaban J connectivity index is 0.00000200. The summed E-state index contributed by atoms with van der Waals surface area (Å²) in [6.07, 6.45) is 0.792. The molecule has 1 atom stereocenters. The van der Waals surface area contributed by atoms with E-state index in [0.717, 1.165) is 13.0 Å². The maximum atomic E-state index is 12.3. The highest BCUT2D eigenvalue weighted by Gasteiger charge is 2.23. The third-order valence-corrected chi connectivity index (χ3v) is 4.52. The van der Waals surface area contributed by atoms with Crippen LogP contribution in [0, 0.1) is 0 Å². The van der Waals surface area contributed by atoms with Crippen molar-refractivity contribution in [2.24, 2.45) is 0 Å². The first-order chi connectivity index (χ1) is 9.05. The lowest BCUT2D eigenvalue weighted by molar-refractivity contribution is 0.392. The van der Waals surface area contributed by atoms with Gasteiger partial charge in [-0.1, -0.05) is 0 Å². The Bertz CT molecular complexity index is 522. The Kier molecular flexibility index (Phi) is 6.07. The summed E-state index contributed by atoms with van der Waals surface area (Å²) in [4.78, 5) is 0.149. The molecule has 114 valence electrons. The maximum Gasteiger partial charge on any atom is 0.241 e. The van der Waals surface area contributed by atoms with Crippen molar-refractivity contribution >= 4 is 22.4 Å². The van der Waals surface area contributed by atoms with Crippen LogP contribution in [0.25, 0.3) is 0 Å². The first-order valence-corrected chi connectivity index (χ1v) is 7.49. The zero-order chi connectivity index (χ0) is 13.9. The minimum Gasteiger partial charge on any atom is -0.497 e. The summed E-state index contributed by atoms with van der Waals surface area (Å²) in [5.41, 5.74) is 0. The van der Waals surface area contributed by atoms with Crippen molar-refractivity contribution < 1.29 is 17.9 Å². The zero-order valence-corrected chi connectivity index (χ0v) is 13.0. The smallest absolute Gasteiger partial charge is 0.241 e. The van der Waals surface area contributed by atoms with Gasteiger partial charge in [-0.2, -0.15) is 0 Å². The Morgan fingerprint density at radius 1 is 1.20 bits per heavy atom. The molecule has 0 bridgehead atoms. The van der Waals surface area contributed by atoms with Gasteiger partial charge in [-0.15, -0.1) is 12.4 Å². The second-order valence-corrected chi connectivity index (χ2v) is 6.07. The summed E-state index contributed by atoms with van der Waals surface area (Å²) in [5, 5.41) is 3.12. The number of halogens is 1. The van der Waals surface area contributed by atoms with Gasteiger partial charge in [0.2, 0.25) is 10.0 Å². The van der Waals surface area contributed by atoms with E-state index in [1.54, 1.807) is 6.07 Å². The number of benzene rings is 1. The van der Waals surface area contributed by atoms with Crippen molar-refractivity contribution in [2.75, 3.05) is 27.3 Å². The number of nitrogens with one attached hydrogen (secondary N) is 2. The van der Waals surface area contributed by atoms with Crippen molar-refractivity contribution in [3.05, 3.63) is 18.2 Å². The van der Waals surface area contributed by atoms with Crippen molar-refractivity contribution in [2.45, 2.75) is 17.4 Å². The Morgan fingerprint density at radius 3 is 2.25 bits per heavy atom. The fraction of sp³-hybridized carbons (Fsp3) is 0.500. The van der Waals surface area contributed by atoms with Gasteiger partial charge in [-0.3, -0.25) is 0 Å². The van der Waals surface area contributed by atoms with Crippen LogP contribution in [0.15, 0.2) is 23.1 Å². The van der Waals surface area contributed by atoms with Crippen LogP contribution in [0.1, 0.15) is 6.42 Å². The van der Waals surface area contributed by atoms with Crippen LogP contribution in [0.2, 0.25) is 0 Å². The minimum atomic E-state index is -3.56. The van der Waals surface area contributed by atoms with E-state index < -0.39 is 10.0 Å². The van der Waals surface area contributed by atoms with Crippen LogP contribution >= 0.6 is 12.4 Å². The molecule has 0 aromatic heterocycles. The number of ether oxygens (including phenoxy) is 2. The first kappa shape index (κ1) is 17.0. The molecule has 1 aliphatic heterocycles. The lowest BCUT2D eigenvalue weighted by Crippen LogP contribution is -2.36. The molecule has 1 heterocycles. The second-order valence-electron chi connectivity index (χ2n) is 4.36. The van der Waals surface area contributed by atoms with Crippen LogP contribution in [-0.2, 0) is 10.0 Å². The predicted octanol–water partition coefficient (Wildman–Crippen LogP) is 0.766. The molecule has 2 rings (SSSR count). The van der Waals surface area contributed by atoms with Gasteiger partial charge in [0.15, 0.2) is 0 Å². The quantitative estimate of drug-likeness (QED) is 0.837. The molecule has 1 aliphatic rings. The largest absolute Gasteiger partial charge is 0.497 e. The molecule has 1 unspecified atom stereocenters. The molecule has 20 heavy (non-hydrogen) atoms. The van der Waals surface area contributed by atoms with Gasteiger partial charge in [0.05, 0.1) is 19.1 Å². The summed E-state index contributed by atoms with van der Waals surface area (Å²) in [7, 11) is -0.588. The van der Waals surface area contributed by atoms with Crippen LogP contribution in [-0.4, -0.2) is 41.8 Å². The van der Waals surface area contributed by atoms with Crippen LogP contribution in [0.4, 0.5) is 0 Å². The van der Waals surface area contributed by atoms with Crippen molar-refractivity contribution in [1.29, 1.82) is 0 Å². The number of sulfonamides is 1. The molecule has 0 saturated carbocycles. The average molecular weight is 323 g/mol. The van der Waals surface area contributed by atoms with E-state index >= 15 is 0 Å². The second kappa shape index (κ2) is 7.12. The Morgan fingerprint density at radius 2 is 1.80 bits per heavy atom. The van der Waals surface area contributed by atoms with E-state index in [1.165, 1.54) is 26.4 Å². The molecule has 0 aliphatic carbocycles. The van der Waals surface area contributed by atoms with E-state index in [-0.39, 0.29) is 23.3 Å². The van der Waals surface area contributed by atoms with Gasteiger partial charge >= 0.3 is 0 Å². The van der Waals surface area contributed by atoms with Gasteiger partial charge in [0, 0.05) is 30.8 Å². The first-order valence-electron chi connectivity index (χ1n) is 6.01. The van der Waals surface area contributed by atoms with Crippen LogP contribution in [0.5, 0.6) is 11.5 Å². The summed E-state index contributed by atoms with van der Waals surface area (Å²) in [5.74, 6) is 0.897. The molecule has 6 nitrogen and oxygen atoms in total. The SMILES string of the molecule is COc1cc(OC)cc(S(=O)(=O)NC2CCNC2)c1.Cl. The fourth-order valence-corrected chi connectivity index (χ4v) is 3.30. The number of rotatable bonds is 5. The third-order valence-electron chi connectivity index (χ3n) is 3.02. The average Bonchev–Trinajstić information content (AvgIpc) is 2.90. The van der Waals surface area contributed by atoms with E-state index in [9.17, 15) is 8.42 Å². The molecule has 0 spiro atoms. The summed E-state index contributed by atoms with van der Waals surface area (Å²) >= 11 is 0. The summed E-state index contributed by atoms with van der Waals surface area (Å²) in [6, 6.07) is 4.53. The fourth-order valence-electron chi connectivity index (χ4n) is 1.98. The van der Waals surface area contributed by atoms with Gasteiger partial charge in [0.1, 0.15) is 11.5 Å². The molecular formula is C12H19ClN2O4S. The Hall–Kier alpha value is -1.02. The van der Waals surface area contributed by atoms with Crippen LogP contribution < -0.4 is 19.5 Å². The number of hydrogen-bond acceptors (Lipinski definition) is 5. The van der Waals surface area contributed by atoms with Gasteiger partial charge in [0.25, 0.3) is 0 Å². The lowest BCUT2D eigenvalue weighted by Gasteiger charge is -2.13. The third kappa shape index (κ3) is 3.99. The van der Waals surface area contributed by atoms with Crippen LogP contribution in [0.3, 0.4) is 0 Å². The molecule has 2 N–H and O–H groups in total. The van der Waals surface area contributed by atoms with E-state index in [1.807, 2.05) is 0 Å². The van der Waals surface area contributed by atoms with Gasteiger partial charge in [-0.05, 0) is 13.0 Å². The lowest BCUT2D eigenvalue weighted by atomic mass is 10.3. The number of hydrogen-bond donors (Lipinski definition) is 2. The monoisotopic (exact) mass is 322 g/mol. The van der Waals surface area contributed by atoms with E-state index in [0.29, 0.717) is 18.0 Å². The summed E-state index contributed by atoms with van der Waals surface area (Å²) < 4.78 is 37.4. The molecule has 0 amide bonds. The molecule has 1 fully saturated rings. The molecule has 8 heteroatoms. The highest BCUT2D eigenvalue weighted by Crippen LogP contribution is 2.25. The van der Waals surface area contributed by atoms with Crippen molar-refractivity contribution in [3.63, 3.8) is 0 Å². The highest BCUT2D eigenvalue weighted by atomic mass is 35.5. The van der Waals surface area contributed by atoms with E-state index in [4.69, 9.17) is 9.47 Å². The molecule has 1 aromatic rings. The Labute approximate surface area is 125 Å². The van der Waals surface area contributed by atoms with Gasteiger partial charge in [-0.25, -0.2) is 13.1 Å². The van der Waals surface area contributed by atoms with Crippen molar-refractivity contribution in [1.82, 2.24) is 10.0 Å². The highest BCUT2D eigenvalue weighted by molar-refractivity contribution is 7.89. The number of methoxy groups -OCH3 is 2. The summed E-state index contributed by atoms with van der Waals surface area (Å²) in [6.45, 7) is 1.48. The predicted molar refractivity (Wildman–Crippen MR) is 78.4 cm³/mol. The molecular weight excluding hydrogens is 304 g/mol. The molecule has 1 saturated heterocycles. The van der Waals surface area contributed by atoms with Crippen molar-refractivity contribution in [3.8, 4) is 11.5 Å². The topological polar surface area (TPSA) is 76.7 Å². The van der Waals surface area contributed by atoms with E-state index in [2.05, 4.69) is 10.0 Å². The minimum absolute atomic E-state index is 0. The molecule has 1 aromatic carbocycles. The molecule has 0 radical (unpaired) electrons.